The summed E-state index contributed by atoms with van der Waals surface area (Å²) in [6.45, 7) is 2.87. The summed E-state index contributed by atoms with van der Waals surface area (Å²) < 4.78 is 50.9. The van der Waals surface area contributed by atoms with E-state index in [0.29, 0.717) is 19.3 Å². The number of rotatable bonds is 21. The van der Waals surface area contributed by atoms with Gasteiger partial charge in [-0.15, -0.1) is 0 Å². The number of phosphoric acid groups is 1. The molecule has 23 nitrogen and oxygen atoms in total. The molecule has 9 atom stereocenters. The third-order valence-corrected chi connectivity index (χ3v) is 8.77. The average Bonchev–Trinajstić information content (AvgIpc) is 3.65. The Balaban J connectivity index is 1.11. The molecule has 2 aliphatic rings. The number of hydrogen-bond donors (Lipinski definition) is 9. The third kappa shape index (κ3) is 12.2. The van der Waals surface area contributed by atoms with Crippen molar-refractivity contribution in [2.45, 2.75) is 94.7 Å². The molecule has 10 N–H and O–H groups in total. The van der Waals surface area contributed by atoms with Crippen LogP contribution in [-0.2, 0) is 47.1 Å². The van der Waals surface area contributed by atoms with Crippen LogP contribution in [0, 0.1) is 0 Å². The SMILES string of the molecule is CC[C@H]1O[C@@H](OCCCCC(=O)NCCOCCOCO[C@@H]2[C@H](O)[C@@H](COP(=O)(O)O)O[C@H]2n2cnc3c(=O)[nH]c(N)nc32)[C@H](NC(C)=O)[C@@H](O)[C@H]1O. The molecule has 0 unspecified atom stereocenters. The third-order valence-electron chi connectivity index (χ3n) is 8.28. The highest BCUT2D eigenvalue weighted by Gasteiger charge is 2.47. The fourth-order valence-corrected chi connectivity index (χ4v) is 6.04. The number of phosphoric ester groups is 1. The Labute approximate surface area is 302 Å². The number of nitrogens with two attached hydrogens (primary N) is 1. The molecule has 0 bridgehead atoms. The van der Waals surface area contributed by atoms with Gasteiger partial charge in [0.05, 0.1) is 38.9 Å². The summed E-state index contributed by atoms with van der Waals surface area (Å²) in [5, 5.41) is 36.8. The van der Waals surface area contributed by atoms with Crippen molar-refractivity contribution >= 4 is 36.7 Å². The van der Waals surface area contributed by atoms with E-state index in [1.165, 1.54) is 17.8 Å². The first kappa shape index (κ1) is 42.6. The highest BCUT2D eigenvalue weighted by Crippen LogP contribution is 2.39. The number of aliphatic hydroxyl groups is 3. The van der Waals surface area contributed by atoms with Crippen molar-refractivity contribution in [1.29, 1.82) is 0 Å². The van der Waals surface area contributed by atoms with E-state index in [2.05, 4.69) is 30.1 Å². The number of nitrogens with zero attached hydrogens (tertiary/aromatic N) is 3. The number of amides is 2. The number of H-pyrrole nitrogens is 1. The molecule has 0 aromatic carbocycles. The Morgan fingerprint density at radius 1 is 1.04 bits per heavy atom. The van der Waals surface area contributed by atoms with Gasteiger partial charge in [0.25, 0.3) is 5.56 Å². The summed E-state index contributed by atoms with van der Waals surface area (Å²) in [6.07, 6.45) is -6.19. The fraction of sp³-hybridized carbons (Fsp3) is 0.759. The number of aromatic nitrogens is 4. The van der Waals surface area contributed by atoms with Gasteiger partial charge in [0.1, 0.15) is 43.4 Å². The number of nitrogen functional groups attached to an aromatic ring is 1. The van der Waals surface area contributed by atoms with E-state index < -0.39 is 81.1 Å². The lowest BCUT2D eigenvalue weighted by molar-refractivity contribution is -0.265. The lowest BCUT2D eigenvalue weighted by Crippen LogP contribution is -2.63. The maximum atomic E-state index is 12.2. The second kappa shape index (κ2) is 20.0. The first-order valence-electron chi connectivity index (χ1n) is 16.9. The molecule has 53 heavy (non-hydrogen) atoms. The maximum Gasteiger partial charge on any atom is 0.469 e. The minimum absolute atomic E-state index is 0.0144. The first-order chi connectivity index (χ1) is 25.2. The summed E-state index contributed by atoms with van der Waals surface area (Å²) >= 11 is 0. The van der Waals surface area contributed by atoms with Gasteiger partial charge in [-0.1, -0.05) is 6.92 Å². The van der Waals surface area contributed by atoms with Crippen molar-refractivity contribution in [2.75, 3.05) is 52.1 Å². The minimum Gasteiger partial charge on any atom is -0.388 e. The van der Waals surface area contributed by atoms with Crippen molar-refractivity contribution in [2.24, 2.45) is 0 Å². The number of carbonyl (C=O) groups is 2. The number of ether oxygens (including phenoxy) is 6. The summed E-state index contributed by atoms with van der Waals surface area (Å²) in [5.41, 5.74) is 5.00. The number of unbranched alkanes of at least 4 members (excludes halogenated alkanes) is 1. The summed E-state index contributed by atoms with van der Waals surface area (Å²) in [7, 11) is -4.89. The summed E-state index contributed by atoms with van der Waals surface area (Å²) in [5.74, 6) is -0.804. The smallest absolute Gasteiger partial charge is 0.388 e. The number of carbonyl (C=O) groups excluding carboxylic acids is 2. The zero-order chi connectivity index (χ0) is 38.7. The molecule has 2 fully saturated rings. The summed E-state index contributed by atoms with van der Waals surface area (Å²) in [6, 6.07) is -0.937. The van der Waals surface area contributed by atoms with Gasteiger partial charge in [0.15, 0.2) is 23.7 Å². The molecule has 0 spiro atoms. The van der Waals surface area contributed by atoms with E-state index >= 15 is 0 Å². The molecule has 2 aromatic rings. The number of anilines is 1. The number of fused-ring (bicyclic) bond motifs is 1. The van der Waals surface area contributed by atoms with Crippen molar-refractivity contribution in [1.82, 2.24) is 30.2 Å². The van der Waals surface area contributed by atoms with Crippen molar-refractivity contribution in [3.05, 3.63) is 16.7 Å². The van der Waals surface area contributed by atoms with E-state index in [4.69, 9.17) is 43.9 Å². The molecule has 2 aliphatic heterocycles. The van der Waals surface area contributed by atoms with Crippen LogP contribution in [0.1, 0.15) is 45.8 Å². The predicted molar refractivity (Wildman–Crippen MR) is 178 cm³/mol. The molecule has 0 aliphatic carbocycles. The molecule has 0 saturated carbocycles. The van der Waals surface area contributed by atoms with Gasteiger partial charge in [-0.2, -0.15) is 4.98 Å². The van der Waals surface area contributed by atoms with Crippen LogP contribution in [0.2, 0.25) is 0 Å². The van der Waals surface area contributed by atoms with Gasteiger partial charge in [-0.25, -0.2) is 9.55 Å². The van der Waals surface area contributed by atoms with Crippen LogP contribution in [0.15, 0.2) is 11.1 Å². The molecule has 2 amide bonds. The van der Waals surface area contributed by atoms with Gasteiger partial charge in [-0.3, -0.25) is 28.5 Å². The molecular formula is C29H48N7O16P. The molecule has 2 saturated heterocycles. The zero-order valence-electron chi connectivity index (χ0n) is 29.1. The zero-order valence-corrected chi connectivity index (χ0v) is 30.0. The lowest BCUT2D eigenvalue weighted by Gasteiger charge is -2.42. The Kier molecular flexibility index (Phi) is 16.0. The number of hydrogen-bond acceptors (Lipinski definition) is 17. The first-order valence-corrected chi connectivity index (χ1v) is 18.4. The largest absolute Gasteiger partial charge is 0.469 e. The van der Waals surface area contributed by atoms with E-state index in [-0.39, 0.29) is 69.2 Å². The number of imidazole rings is 1. The number of aliphatic hydroxyl groups excluding tert-OH is 3. The highest BCUT2D eigenvalue weighted by molar-refractivity contribution is 7.46. The van der Waals surface area contributed by atoms with Gasteiger partial charge >= 0.3 is 7.82 Å². The van der Waals surface area contributed by atoms with Gasteiger partial charge in [-0.05, 0) is 19.3 Å². The van der Waals surface area contributed by atoms with E-state index in [0.717, 1.165) is 0 Å². The van der Waals surface area contributed by atoms with Gasteiger partial charge in [0, 0.05) is 26.5 Å². The van der Waals surface area contributed by atoms with Crippen LogP contribution < -0.4 is 21.9 Å². The van der Waals surface area contributed by atoms with Crippen LogP contribution in [0.25, 0.3) is 11.2 Å². The van der Waals surface area contributed by atoms with Crippen molar-refractivity contribution in [3.8, 4) is 0 Å². The Bertz CT molecular complexity index is 1590. The van der Waals surface area contributed by atoms with Gasteiger partial charge < -0.3 is 69.9 Å². The molecule has 2 aromatic heterocycles. The van der Waals surface area contributed by atoms with Crippen LogP contribution in [0.3, 0.4) is 0 Å². The minimum atomic E-state index is -4.89. The quantitative estimate of drug-likeness (QED) is 0.0349. The standard InChI is InChI=1S/C29H48N7O16P/c1-3-16-21(39)23(41)19(33-15(2)37)28(52-16)48-8-5-4-6-18(38)31-7-9-46-10-11-47-14-49-24-22(40)17(12-50-53(43,44)45)51-27(24)36-13-32-20-25(36)34-29(30)35-26(20)42/h13,16-17,19,21-24,27-28,39-41H,3-12,14H2,1-2H3,(H,31,38)(H,33,37)(H2,43,44,45)(H3,30,34,35,42)/t16-,17-,19-,21+,22-,23-,24-,27-,28-/m1/s1. The fourth-order valence-electron chi connectivity index (χ4n) is 5.70. The Morgan fingerprint density at radius 3 is 2.51 bits per heavy atom. The number of aromatic amines is 1. The van der Waals surface area contributed by atoms with Gasteiger partial charge in [0.2, 0.25) is 17.8 Å². The van der Waals surface area contributed by atoms with Crippen molar-refractivity contribution in [3.63, 3.8) is 0 Å². The van der Waals surface area contributed by atoms with E-state index in [9.17, 15) is 34.3 Å². The molecule has 24 heteroatoms. The van der Waals surface area contributed by atoms with Crippen molar-refractivity contribution < 1.29 is 72.2 Å². The molecule has 300 valence electrons. The topological polar surface area (TPSA) is 331 Å². The predicted octanol–water partition coefficient (Wildman–Crippen LogP) is -2.89. The molecule has 0 radical (unpaired) electrons. The highest BCUT2D eigenvalue weighted by atomic mass is 31.2. The molecule has 4 heterocycles. The molecule has 4 rings (SSSR count). The summed E-state index contributed by atoms with van der Waals surface area (Å²) in [4.78, 5) is 64.6. The molecular weight excluding hydrogens is 733 g/mol. The second-order valence-corrected chi connectivity index (χ2v) is 13.5. The average molecular weight is 782 g/mol. The maximum absolute atomic E-state index is 12.2. The lowest BCUT2D eigenvalue weighted by atomic mass is 9.95. The van der Waals surface area contributed by atoms with E-state index in [1.807, 2.05) is 0 Å². The Morgan fingerprint density at radius 2 is 1.79 bits per heavy atom. The number of nitrogens with one attached hydrogen (secondary N) is 3. The monoisotopic (exact) mass is 781 g/mol. The van der Waals surface area contributed by atoms with Crippen LogP contribution in [-0.4, -0.2) is 152 Å². The Hall–Kier alpha value is -3.16. The van der Waals surface area contributed by atoms with Crippen LogP contribution in [0.4, 0.5) is 5.95 Å². The van der Waals surface area contributed by atoms with Crippen LogP contribution in [0.5, 0.6) is 0 Å². The second-order valence-electron chi connectivity index (χ2n) is 12.2. The van der Waals surface area contributed by atoms with E-state index in [1.54, 1.807) is 6.92 Å². The normalized spacial score (nSPS) is 27.6. The van der Waals surface area contributed by atoms with Crippen LogP contribution >= 0.6 is 7.82 Å².